The number of hydrogen-bond donors (Lipinski definition) is 2. The second kappa shape index (κ2) is 8.01. The maximum Gasteiger partial charge on any atom is 0.220 e. The van der Waals surface area contributed by atoms with Crippen LogP contribution < -0.4 is 10.1 Å². The van der Waals surface area contributed by atoms with Crippen LogP contribution in [0.1, 0.15) is 18.9 Å². The number of carbonyl (C=O) groups is 1. The predicted octanol–water partition coefficient (Wildman–Crippen LogP) is 2.06. The Hall–Kier alpha value is -1.16. The Morgan fingerprint density at radius 1 is 1.35 bits per heavy atom. The lowest BCUT2D eigenvalue weighted by Crippen LogP contribution is -2.25. The molecular formula is C13H19NO2S. The molecule has 0 bridgehead atoms. The molecule has 0 saturated carbocycles. The molecule has 3 nitrogen and oxygen atoms in total. The number of hydrogen-bond acceptors (Lipinski definition) is 3. The van der Waals surface area contributed by atoms with E-state index in [1.54, 1.807) is 0 Å². The monoisotopic (exact) mass is 253 g/mol. The number of carbonyl (C=O) groups excluding carboxylic acids is 1. The summed E-state index contributed by atoms with van der Waals surface area (Å²) in [4.78, 5) is 11.2. The van der Waals surface area contributed by atoms with E-state index in [9.17, 15) is 4.79 Å². The summed E-state index contributed by atoms with van der Waals surface area (Å²) < 4.78 is 5.36. The van der Waals surface area contributed by atoms with Gasteiger partial charge in [-0.15, -0.1) is 0 Å². The highest BCUT2D eigenvalue weighted by Gasteiger charge is 1.99. The molecule has 0 saturated heterocycles. The fourth-order valence-corrected chi connectivity index (χ4v) is 1.66. The fraction of sp³-hybridized carbons (Fsp3) is 0.462. The SMILES string of the molecule is CCOc1ccc(CCNC(=O)CCS)cc1. The van der Waals surface area contributed by atoms with Crippen LogP contribution in [0.3, 0.4) is 0 Å². The molecule has 1 N–H and O–H groups in total. The van der Waals surface area contributed by atoms with Crippen molar-refractivity contribution >= 4 is 18.5 Å². The first-order valence-electron chi connectivity index (χ1n) is 5.85. The minimum Gasteiger partial charge on any atom is -0.494 e. The van der Waals surface area contributed by atoms with Crippen molar-refractivity contribution in [2.24, 2.45) is 0 Å². The van der Waals surface area contributed by atoms with Crippen molar-refractivity contribution in [3.63, 3.8) is 0 Å². The van der Waals surface area contributed by atoms with Gasteiger partial charge in [0, 0.05) is 13.0 Å². The first-order chi connectivity index (χ1) is 8.26. The second-order valence-corrected chi connectivity index (χ2v) is 4.10. The Bertz CT molecular complexity index is 338. The summed E-state index contributed by atoms with van der Waals surface area (Å²) >= 11 is 4.01. The Labute approximate surface area is 108 Å². The van der Waals surface area contributed by atoms with Crippen LogP contribution in [0.25, 0.3) is 0 Å². The molecule has 0 aliphatic rings. The number of amides is 1. The van der Waals surface area contributed by atoms with Crippen LogP contribution in [0.4, 0.5) is 0 Å². The molecular weight excluding hydrogens is 234 g/mol. The summed E-state index contributed by atoms with van der Waals surface area (Å²) in [5, 5.41) is 2.85. The maximum absolute atomic E-state index is 11.2. The van der Waals surface area contributed by atoms with Gasteiger partial charge in [0.1, 0.15) is 5.75 Å². The molecule has 1 amide bonds. The van der Waals surface area contributed by atoms with E-state index < -0.39 is 0 Å². The first kappa shape index (κ1) is 13.9. The lowest BCUT2D eigenvalue weighted by atomic mass is 10.1. The van der Waals surface area contributed by atoms with E-state index >= 15 is 0 Å². The van der Waals surface area contributed by atoms with E-state index in [1.165, 1.54) is 5.56 Å². The molecule has 0 radical (unpaired) electrons. The smallest absolute Gasteiger partial charge is 0.220 e. The van der Waals surface area contributed by atoms with Crippen molar-refractivity contribution in [2.45, 2.75) is 19.8 Å². The summed E-state index contributed by atoms with van der Waals surface area (Å²) in [6.07, 6.45) is 1.32. The van der Waals surface area contributed by atoms with Gasteiger partial charge < -0.3 is 10.1 Å². The quantitative estimate of drug-likeness (QED) is 0.730. The van der Waals surface area contributed by atoms with Crippen LogP contribution in [0.2, 0.25) is 0 Å². The fourth-order valence-electron chi connectivity index (χ4n) is 1.46. The van der Waals surface area contributed by atoms with E-state index in [0.29, 0.717) is 25.3 Å². The zero-order valence-electron chi connectivity index (χ0n) is 10.1. The molecule has 0 aromatic heterocycles. The highest BCUT2D eigenvalue weighted by Crippen LogP contribution is 2.12. The van der Waals surface area contributed by atoms with Crippen LogP contribution in [0.5, 0.6) is 5.75 Å². The van der Waals surface area contributed by atoms with E-state index in [4.69, 9.17) is 4.74 Å². The molecule has 1 rings (SSSR count). The highest BCUT2D eigenvalue weighted by molar-refractivity contribution is 7.80. The number of benzene rings is 1. The molecule has 0 aliphatic heterocycles. The Balaban J connectivity index is 2.29. The van der Waals surface area contributed by atoms with Crippen LogP contribution in [-0.4, -0.2) is 24.8 Å². The Kier molecular flexibility index (Phi) is 6.55. The summed E-state index contributed by atoms with van der Waals surface area (Å²) in [7, 11) is 0. The van der Waals surface area contributed by atoms with Crippen LogP contribution in [-0.2, 0) is 11.2 Å². The molecule has 1 aromatic carbocycles. The lowest BCUT2D eigenvalue weighted by Gasteiger charge is -2.06. The lowest BCUT2D eigenvalue weighted by molar-refractivity contribution is -0.120. The summed E-state index contributed by atoms with van der Waals surface area (Å²) in [5.74, 6) is 1.54. The van der Waals surface area contributed by atoms with Gasteiger partial charge in [0.2, 0.25) is 5.91 Å². The van der Waals surface area contributed by atoms with Gasteiger partial charge in [0.15, 0.2) is 0 Å². The molecule has 0 heterocycles. The standard InChI is InChI=1S/C13H19NO2S/c1-2-16-12-5-3-11(4-6-12)7-9-14-13(15)8-10-17/h3-6,17H,2,7-10H2,1H3,(H,14,15). The van der Waals surface area contributed by atoms with E-state index in [1.807, 2.05) is 31.2 Å². The van der Waals surface area contributed by atoms with Gasteiger partial charge in [-0.3, -0.25) is 4.79 Å². The zero-order valence-corrected chi connectivity index (χ0v) is 11.0. The van der Waals surface area contributed by atoms with Crippen molar-refractivity contribution < 1.29 is 9.53 Å². The summed E-state index contributed by atoms with van der Waals surface area (Å²) in [5.41, 5.74) is 1.19. The van der Waals surface area contributed by atoms with Crippen LogP contribution in [0.15, 0.2) is 24.3 Å². The molecule has 1 aromatic rings. The summed E-state index contributed by atoms with van der Waals surface area (Å²) in [6.45, 7) is 3.31. The zero-order chi connectivity index (χ0) is 12.5. The largest absolute Gasteiger partial charge is 0.494 e. The van der Waals surface area contributed by atoms with Gasteiger partial charge in [-0.1, -0.05) is 12.1 Å². The van der Waals surface area contributed by atoms with Crippen molar-refractivity contribution in [3.8, 4) is 5.75 Å². The van der Waals surface area contributed by atoms with Crippen molar-refractivity contribution in [2.75, 3.05) is 18.9 Å². The molecule has 4 heteroatoms. The average Bonchev–Trinajstić information content (AvgIpc) is 2.32. The maximum atomic E-state index is 11.2. The Morgan fingerprint density at radius 3 is 2.65 bits per heavy atom. The van der Waals surface area contributed by atoms with E-state index in [2.05, 4.69) is 17.9 Å². The van der Waals surface area contributed by atoms with Crippen LogP contribution in [0, 0.1) is 0 Å². The van der Waals surface area contributed by atoms with Crippen LogP contribution >= 0.6 is 12.6 Å². The number of rotatable bonds is 7. The molecule has 0 spiro atoms. The predicted molar refractivity (Wildman–Crippen MR) is 72.8 cm³/mol. The third kappa shape index (κ3) is 5.63. The third-order valence-electron chi connectivity index (χ3n) is 2.31. The van der Waals surface area contributed by atoms with Gasteiger partial charge >= 0.3 is 0 Å². The minimum atomic E-state index is 0.0611. The number of nitrogens with one attached hydrogen (secondary N) is 1. The second-order valence-electron chi connectivity index (χ2n) is 3.65. The molecule has 0 atom stereocenters. The Morgan fingerprint density at radius 2 is 2.06 bits per heavy atom. The van der Waals surface area contributed by atoms with Gasteiger partial charge in [-0.05, 0) is 36.8 Å². The molecule has 0 unspecified atom stereocenters. The average molecular weight is 253 g/mol. The third-order valence-corrected chi connectivity index (χ3v) is 2.53. The minimum absolute atomic E-state index is 0.0611. The molecule has 0 fully saturated rings. The highest BCUT2D eigenvalue weighted by atomic mass is 32.1. The van der Waals surface area contributed by atoms with Crippen molar-refractivity contribution in [1.29, 1.82) is 0 Å². The van der Waals surface area contributed by atoms with Gasteiger partial charge in [0.05, 0.1) is 6.61 Å². The van der Waals surface area contributed by atoms with E-state index in [0.717, 1.165) is 12.2 Å². The van der Waals surface area contributed by atoms with Crippen molar-refractivity contribution in [1.82, 2.24) is 5.32 Å². The first-order valence-corrected chi connectivity index (χ1v) is 6.48. The number of thiol groups is 1. The number of ether oxygens (including phenoxy) is 1. The molecule has 94 valence electrons. The molecule has 17 heavy (non-hydrogen) atoms. The molecule has 0 aliphatic carbocycles. The van der Waals surface area contributed by atoms with E-state index in [-0.39, 0.29) is 5.91 Å². The van der Waals surface area contributed by atoms with Gasteiger partial charge in [-0.25, -0.2) is 0 Å². The topological polar surface area (TPSA) is 38.3 Å². The van der Waals surface area contributed by atoms with Crippen molar-refractivity contribution in [3.05, 3.63) is 29.8 Å². The van der Waals surface area contributed by atoms with Gasteiger partial charge in [-0.2, -0.15) is 12.6 Å². The van der Waals surface area contributed by atoms with Gasteiger partial charge in [0.25, 0.3) is 0 Å². The summed E-state index contributed by atoms with van der Waals surface area (Å²) in [6, 6.07) is 7.95. The normalized spacial score (nSPS) is 10.0.